The minimum absolute atomic E-state index is 0.170. The standard InChI is InChI=1S/C20H31N3O2/c1-14(2)23-11-8-15(9-12-23)7-10-21-20(25)22-18-13-16-5-3-4-6-17(16)19(18)24/h3-6,14-15,18-19,24H,7-13H2,1-2H3,(H2,21,22,25)/t18-,19-/m1/s1. The molecule has 3 N–H and O–H groups in total. The van der Waals surface area contributed by atoms with E-state index in [9.17, 15) is 9.90 Å². The number of nitrogens with zero attached hydrogens (tertiary/aromatic N) is 1. The van der Waals surface area contributed by atoms with Gasteiger partial charge in [-0.25, -0.2) is 4.79 Å². The Kier molecular flexibility index (Phi) is 5.97. The van der Waals surface area contributed by atoms with Gasteiger partial charge in [-0.2, -0.15) is 0 Å². The number of amides is 2. The molecule has 2 amide bonds. The second-order valence-electron chi connectivity index (χ2n) is 7.72. The highest BCUT2D eigenvalue weighted by Crippen LogP contribution is 2.30. The van der Waals surface area contributed by atoms with Gasteiger partial charge in [0.1, 0.15) is 0 Å². The van der Waals surface area contributed by atoms with E-state index < -0.39 is 6.10 Å². The minimum atomic E-state index is -0.609. The molecule has 0 bridgehead atoms. The van der Waals surface area contributed by atoms with E-state index in [1.807, 2.05) is 24.3 Å². The number of aliphatic hydroxyl groups is 1. The first-order valence-electron chi connectivity index (χ1n) is 9.59. The molecule has 1 aliphatic carbocycles. The summed E-state index contributed by atoms with van der Waals surface area (Å²) in [4.78, 5) is 14.7. The molecule has 1 aromatic carbocycles. The second-order valence-corrected chi connectivity index (χ2v) is 7.72. The van der Waals surface area contributed by atoms with Gasteiger partial charge in [0.2, 0.25) is 0 Å². The molecule has 1 saturated heterocycles. The molecule has 3 rings (SSSR count). The summed E-state index contributed by atoms with van der Waals surface area (Å²) < 4.78 is 0. The summed E-state index contributed by atoms with van der Waals surface area (Å²) in [5.74, 6) is 0.705. The van der Waals surface area contributed by atoms with Crippen molar-refractivity contribution in [2.75, 3.05) is 19.6 Å². The first kappa shape index (κ1) is 18.2. The Morgan fingerprint density at radius 3 is 2.68 bits per heavy atom. The summed E-state index contributed by atoms with van der Waals surface area (Å²) in [7, 11) is 0. The zero-order valence-electron chi connectivity index (χ0n) is 15.4. The molecule has 0 aromatic heterocycles. The van der Waals surface area contributed by atoms with Crippen molar-refractivity contribution < 1.29 is 9.90 Å². The predicted octanol–water partition coefficient (Wildman–Crippen LogP) is 2.45. The molecule has 25 heavy (non-hydrogen) atoms. The molecular weight excluding hydrogens is 314 g/mol. The molecular formula is C20H31N3O2. The number of carbonyl (C=O) groups excluding carboxylic acids is 1. The van der Waals surface area contributed by atoms with E-state index in [1.165, 1.54) is 25.9 Å². The van der Waals surface area contributed by atoms with Crippen molar-refractivity contribution in [2.24, 2.45) is 5.92 Å². The molecule has 0 spiro atoms. The van der Waals surface area contributed by atoms with E-state index in [0.29, 0.717) is 24.9 Å². The number of hydrogen-bond acceptors (Lipinski definition) is 3. The Bertz CT molecular complexity index is 582. The molecule has 1 fully saturated rings. The van der Waals surface area contributed by atoms with Crippen molar-refractivity contribution in [3.05, 3.63) is 35.4 Å². The number of nitrogens with one attached hydrogen (secondary N) is 2. The Balaban J connectivity index is 1.36. The fourth-order valence-corrected chi connectivity index (χ4v) is 4.07. The van der Waals surface area contributed by atoms with Gasteiger partial charge in [-0.1, -0.05) is 24.3 Å². The van der Waals surface area contributed by atoms with Crippen LogP contribution in [-0.4, -0.2) is 47.8 Å². The highest BCUT2D eigenvalue weighted by molar-refractivity contribution is 5.74. The van der Waals surface area contributed by atoms with Crippen LogP contribution in [0.1, 0.15) is 50.3 Å². The largest absolute Gasteiger partial charge is 0.386 e. The van der Waals surface area contributed by atoms with E-state index in [2.05, 4.69) is 29.4 Å². The van der Waals surface area contributed by atoms with Gasteiger partial charge in [-0.15, -0.1) is 0 Å². The van der Waals surface area contributed by atoms with Crippen molar-refractivity contribution in [3.8, 4) is 0 Å². The normalized spacial score (nSPS) is 24.3. The first-order chi connectivity index (χ1) is 12.0. The minimum Gasteiger partial charge on any atom is -0.386 e. The van der Waals surface area contributed by atoms with Crippen LogP contribution in [0.15, 0.2) is 24.3 Å². The lowest BCUT2D eigenvalue weighted by molar-refractivity contribution is 0.140. The predicted molar refractivity (Wildman–Crippen MR) is 99.5 cm³/mol. The van der Waals surface area contributed by atoms with Crippen LogP contribution in [0.25, 0.3) is 0 Å². The molecule has 2 aliphatic rings. The summed E-state index contributed by atoms with van der Waals surface area (Å²) in [5, 5.41) is 16.2. The number of hydrogen-bond donors (Lipinski definition) is 3. The molecule has 0 unspecified atom stereocenters. The smallest absolute Gasteiger partial charge is 0.315 e. The maximum Gasteiger partial charge on any atom is 0.315 e. The Hall–Kier alpha value is -1.59. The molecule has 5 nitrogen and oxygen atoms in total. The van der Waals surface area contributed by atoms with Crippen molar-refractivity contribution in [3.63, 3.8) is 0 Å². The molecule has 5 heteroatoms. The number of carbonyl (C=O) groups is 1. The lowest BCUT2D eigenvalue weighted by Gasteiger charge is -2.34. The van der Waals surface area contributed by atoms with Crippen LogP contribution in [0.5, 0.6) is 0 Å². The van der Waals surface area contributed by atoms with Crippen LogP contribution < -0.4 is 10.6 Å². The maximum absolute atomic E-state index is 12.1. The van der Waals surface area contributed by atoms with Crippen LogP contribution in [-0.2, 0) is 6.42 Å². The van der Waals surface area contributed by atoms with Crippen molar-refractivity contribution in [2.45, 2.75) is 57.7 Å². The van der Waals surface area contributed by atoms with E-state index in [0.717, 1.165) is 17.5 Å². The third kappa shape index (κ3) is 4.53. The van der Waals surface area contributed by atoms with E-state index >= 15 is 0 Å². The van der Waals surface area contributed by atoms with Crippen LogP contribution >= 0.6 is 0 Å². The Labute approximate surface area is 150 Å². The fraction of sp³-hybridized carbons (Fsp3) is 0.650. The number of fused-ring (bicyclic) bond motifs is 1. The summed E-state index contributed by atoms with van der Waals surface area (Å²) in [6.45, 7) is 7.54. The topological polar surface area (TPSA) is 64.6 Å². The number of urea groups is 1. The number of aliphatic hydroxyl groups excluding tert-OH is 1. The molecule has 2 atom stereocenters. The lowest BCUT2D eigenvalue weighted by atomic mass is 9.93. The Morgan fingerprint density at radius 1 is 1.28 bits per heavy atom. The summed E-state index contributed by atoms with van der Waals surface area (Å²) in [6.07, 6.45) is 3.56. The first-order valence-corrected chi connectivity index (χ1v) is 9.59. The van der Waals surface area contributed by atoms with E-state index in [1.54, 1.807) is 0 Å². The van der Waals surface area contributed by atoms with Crippen molar-refractivity contribution in [1.82, 2.24) is 15.5 Å². The van der Waals surface area contributed by atoms with Gasteiger partial charge < -0.3 is 20.6 Å². The van der Waals surface area contributed by atoms with E-state index in [-0.39, 0.29) is 12.1 Å². The monoisotopic (exact) mass is 345 g/mol. The van der Waals surface area contributed by atoms with Gasteiger partial charge in [0.15, 0.2) is 0 Å². The number of likely N-dealkylation sites (tertiary alicyclic amines) is 1. The number of rotatable bonds is 5. The number of benzene rings is 1. The molecule has 1 aromatic rings. The van der Waals surface area contributed by atoms with Gasteiger partial charge in [0.25, 0.3) is 0 Å². The maximum atomic E-state index is 12.1. The van der Waals surface area contributed by atoms with Crippen LogP contribution in [0, 0.1) is 5.92 Å². The van der Waals surface area contributed by atoms with Gasteiger partial charge >= 0.3 is 6.03 Å². The SMILES string of the molecule is CC(C)N1CCC(CCNC(=O)N[C@@H]2Cc3ccccc3[C@H]2O)CC1. The van der Waals surface area contributed by atoms with Gasteiger partial charge in [-0.3, -0.25) is 0 Å². The fourth-order valence-electron chi connectivity index (χ4n) is 4.07. The summed E-state index contributed by atoms with van der Waals surface area (Å²) in [6, 6.07) is 8.08. The summed E-state index contributed by atoms with van der Waals surface area (Å²) in [5.41, 5.74) is 2.06. The molecule has 0 saturated carbocycles. The third-order valence-electron chi connectivity index (χ3n) is 5.73. The average molecular weight is 345 g/mol. The van der Waals surface area contributed by atoms with Gasteiger partial charge in [0.05, 0.1) is 12.1 Å². The Morgan fingerprint density at radius 2 is 2.00 bits per heavy atom. The molecule has 0 radical (unpaired) electrons. The number of piperidine rings is 1. The lowest BCUT2D eigenvalue weighted by Crippen LogP contribution is -2.45. The van der Waals surface area contributed by atoms with Crippen molar-refractivity contribution in [1.29, 1.82) is 0 Å². The molecule has 1 heterocycles. The second kappa shape index (κ2) is 8.19. The highest BCUT2D eigenvalue weighted by Gasteiger charge is 2.31. The van der Waals surface area contributed by atoms with Crippen LogP contribution in [0.4, 0.5) is 4.79 Å². The molecule has 138 valence electrons. The molecule has 1 aliphatic heterocycles. The zero-order chi connectivity index (χ0) is 17.8. The quantitative estimate of drug-likeness (QED) is 0.768. The zero-order valence-corrected chi connectivity index (χ0v) is 15.4. The van der Waals surface area contributed by atoms with Gasteiger partial charge in [-0.05, 0) is 69.7 Å². The van der Waals surface area contributed by atoms with Crippen LogP contribution in [0.2, 0.25) is 0 Å². The average Bonchev–Trinajstić information content (AvgIpc) is 2.91. The van der Waals surface area contributed by atoms with E-state index in [4.69, 9.17) is 0 Å². The highest BCUT2D eigenvalue weighted by atomic mass is 16.3. The van der Waals surface area contributed by atoms with Gasteiger partial charge in [0, 0.05) is 12.6 Å². The van der Waals surface area contributed by atoms with Crippen molar-refractivity contribution >= 4 is 6.03 Å². The summed E-state index contributed by atoms with van der Waals surface area (Å²) >= 11 is 0. The third-order valence-corrected chi connectivity index (χ3v) is 5.73. The van der Waals surface area contributed by atoms with Crippen LogP contribution in [0.3, 0.4) is 0 Å².